The highest BCUT2D eigenvalue weighted by molar-refractivity contribution is 5.80. The maximum atomic E-state index is 13.0. The van der Waals surface area contributed by atoms with Gasteiger partial charge in [-0.3, -0.25) is 4.79 Å². The molecule has 1 atom stereocenters. The van der Waals surface area contributed by atoms with Crippen molar-refractivity contribution < 1.29 is 4.79 Å². The Hall–Kier alpha value is -2.89. The topological polar surface area (TPSA) is 56.0 Å². The van der Waals surface area contributed by atoms with Gasteiger partial charge in [-0.1, -0.05) is 26.0 Å². The molecule has 6 nitrogen and oxygen atoms in total. The number of amides is 1. The molecule has 0 aliphatic heterocycles. The number of benzene rings is 1. The molecular weight excluding hydrogens is 350 g/mol. The first-order valence-electron chi connectivity index (χ1n) is 9.68. The summed E-state index contributed by atoms with van der Waals surface area (Å²) in [6.45, 7) is 10.7. The number of aryl methyl sites for hydroxylation is 2. The predicted octanol–water partition coefficient (Wildman–Crippen LogP) is 4.03. The Morgan fingerprint density at radius 2 is 1.93 bits per heavy atom. The van der Waals surface area contributed by atoms with Crippen LogP contribution in [-0.2, 0) is 11.3 Å². The van der Waals surface area contributed by atoms with E-state index in [0.29, 0.717) is 6.54 Å². The van der Waals surface area contributed by atoms with E-state index in [1.54, 1.807) is 11.1 Å². The first-order chi connectivity index (χ1) is 13.3. The van der Waals surface area contributed by atoms with Crippen LogP contribution >= 0.6 is 0 Å². The van der Waals surface area contributed by atoms with E-state index in [-0.39, 0.29) is 17.9 Å². The van der Waals surface area contributed by atoms with Crippen LogP contribution in [0, 0.1) is 13.8 Å². The summed E-state index contributed by atoms with van der Waals surface area (Å²) >= 11 is 0. The quantitative estimate of drug-likeness (QED) is 0.650. The number of hydrogen-bond acceptors (Lipinski definition) is 3. The van der Waals surface area contributed by atoms with Crippen LogP contribution in [-0.4, -0.2) is 37.2 Å². The fraction of sp³-hybridized carbons (Fsp3) is 0.409. The summed E-state index contributed by atoms with van der Waals surface area (Å²) in [4.78, 5) is 19.2. The second-order valence-corrected chi connectivity index (χ2v) is 7.73. The van der Waals surface area contributed by atoms with E-state index in [9.17, 15) is 4.79 Å². The average molecular weight is 380 g/mol. The summed E-state index contributed by atoms with van der Waals surface area (Å²) in [5.41, 5.74) is 4.16. The molecule has 6 heteroatoms. The van der Waals surface area contributed by atoms with Gasteiger partial charge in [0.05, 0.1) is 11.4 Å². The summed E-state index contributed by atoms with van der Waals surface area (Å²) < 4.78 is 3.90. The minimum Gasteiger partial charge on any atom is -0.340 e. The van der Waals surface area contributed by atoms with E-state index in [1.807, 2.05) is 61.5 Å². The normalized spacial score (nSPS) is 12.4. The van der Waals surface area contributed by atoms with E-state index in [2.05, 4.69) is 36.1 Å². The molecule has 148 valence electrons. The van der Waals surface area contributed by atoms with Gasteiger partial charge in [-0.15, -0.1) is 0 Å². The number of carbonyl (C=O) groups is 1. The smallest absolute Gasteiger partial charge is 0.245 e. The molecule has 0 fully saturated rings. The lowest BCUT2D eigenvalue weighted by atomic mass is 10.1. The maximum Gasteiger partial charge on any atom is 0.245 e. The Bertz CT molecular complexity index is 969. The van der Waals surface area contributed by atoms with Crippen molar-refractivity contribution in [1.82, 2.24) is 24.2 Å². The van der Waals surface area contributed by atoms with Gasteiger partial charge in [0.1, 0.15) is 11.9 Å². The van der Waals surface area contributed by atoms with E-state index < -0.39 is 0 Å². The zero-order chi connectivity index (χ0) is 20.4. The van der Waals surface area contributed by atoms with Gasteiger partial charge >= 0.3 is 0 Å². The second kappa shape index (κ2) is 8.00. The maximum absolute atomic E-state index is 13.0. The number of aromatic nitrogens is 4. The fourth-order valence-electron chi connectivity index (χ4n) is 3.57. The van der Waals surface area contributed by atoms with E-state index in [1.165, 1.54) is 0 Å². The van der Waals surface area contributed by atoms with E-state index in [0.717, 1.165) is 28.5 Å². The molecular formula is C22H29N5O. The minimum atomic E-state index is -0.288. The molecule has 1 aromatic carbocycles. The Kier molecular flexibility index (Phi) is 5.68. The third-order valence-corrected chi connectivity index (χ3v) is 4.95. The predicted molar refractivity (Wildman–Crippen MR) is 111 cm³/mol. The summed E-state index contributed by atoms with van der Waals surface area (Å²) in [6.07, 6.45) is 3.65. The monoisotopic (exact) mass is 379 g/mol. The number of nitrogens with zero attached hydrogens (tertiary/aromatic N) is 5. The Morgan fingerprint density at radius 3 is 2.57 bits per heavy atom. The van der Waals surface area contributed by atoms with Crippen LogP contribution in [0.2, 0.25) is 0 Å². The standard InChI is InChI=1S/C22H29N5O/c1-15(2)21-23-10-11-26(21)18(5)22(28)25(6)14-19-8-7-9-20(13-19)27-17(4)12-16(3)24-27/h7-13,15,18H,14H2,1-6H3/t18-/m0/s1. The van der Waals surface area contributed by atoms with Crippen molar-refractivity contribution in [2.24, 2.45) is 0 Å². The molecule has 28 heavy (non-hydrogen) atoms. The van der Waals surface area contributed by atoms with Gasteiger partial charge < -0.3 is 9.47 Å². The summed E-state index contributed by atoms with van der Waals surface area (Å²) in [7, 11) is 1.85. The molecule has 0 spiro atoms. The van der Waals surface area contributed by atoms with Crippen LogP contribution in [0.4, 0.5) is 0 Å². The number of hydrogen-bond donors (Lipinski definition) is 0. The highest BCUT2D eigenvalue weighted by Gasteiger charge is 2.22. The van der Waals surface area contributed by atoms with Gasteiger partial charge in [0.2, 0.25) is 5.91 Å². The number of imidazole rings is 1. The van der Waals surface area contributed by atoms with Gasteiger partial charge in [0.25, 0.3) is 0 Å². The molecule has 2 heterocycles. The summed E-state index contributed by atoms with van der Waals surface area (Å²) in [5, 5.41) is 4.55. The van der Waals surface area contributed by atoms with Crippen LogP contribution in [0.1, 0.15) is 55.5 Å². The Labute approximate surface area is 166 Å². The van der Waals surface area contributed by atoms with Crippen molar-refractivity contribution in [3.05, 3.63) is 65.5 Å². The molecule has 0 radical (unpaired) electrons. The molecule has 3 rings (SSSR count). The molecule has 0 bridgehead atoms. The fourth-order valence-corrected chi connectivity index (χ4v) is 3.57. The van der Waals surface area contributed by atoms with Gasteiger partial charge in [0.15, 0.2) is 0 Å². The summed E-state index contributed by atoms with van der Waals surface area (Å²) in [5.74, 6) is 1.27. The lowest BCUT2D eigenvalue weighted by Crippen LogP contribution is -2.33. The third kappa shape index (κ3) is 4.01. The van der Waals surface area contributed by atoms with Gasteiger partial charge in [-0.2, -0.15) is 5.10 Å². The third-order valence-electron chi connectivity index (χ3n) is 4.95. The zero-order valence-corrected chi connectivity index (χ0v) is 17.5. The summed E-state index contributed by atoms with van der Waals surface area (Å²) in [6, 6.07) is 9.94. The van der Waals surface area contributed by atoms with Crippen LogP contribution < -0.4 is 0 Å². The van der Waals surface area contributed by atoms with Gasteiger partial charge in [-0.25, -0.2) is 9.67 Å². The molecule has 0 aliphatic rings. The molecule has 0 saturated heterocycles. The van der Waals surface area contributed by atoms with Crippen molar-refractivity contribution in [2.75, 3.05) is 7.05 Å². The molecule has 0 aliphatic carbocycles. The average Bonchev–Trinajstić information content (AvgIpc) is 3.27. The largest absolute Gasteiger partial charge is 0.340 e. The van der Waals surface area contributed by atoms with Crippen molar-refractivity contribution in [3.63, 3.8) is 0 Å². The zero-order valence-electron chi connectivity index (χ0n) is 17.5. The lowest BCUT2D eigenvalue weighted by molar-refractivity contribution is -0.133. The van der Waals surface area contributed by atoms with Gasteiger partial charge in [-0.05, 0) is 44.5 Å². The SMILES string of the molecule is Cc1cc(C)n(-c2cccc(CN(C)C(=O)[C@H](C)n3ccnc3C(C)C)c2)n1. The van der Waals surface area contributed by atoms with Crippen molar-refractivity contribution in [3.8, 4) is 5.69 Å². The first kappa shape index (κ1) is 19.9. The molecule has 0 unspecified atom stereocenters. The van der Waals surface area contributed by atoms with Crippen molar-refractivity contribution in [2.45, 2.75) is 53.1 Å². The lowest BCUT2D eigenvalue weighted by Gasteiger charge is -2.24. The first-order valence-corrected chi connectivity index (χ1v) is 9.68. The molecule has 0 saturated carbocycles. The highest BCUT2D eigenvalue weighted by Crippen LogP contribution is 2.20. The molecule has 3 aromatic rings. The van der Waals surface area contributed by atoms with E-state index in [4.69, 9.17) is 0 Å². The van der Waals surface area contributed by atoms with Crippen LogP contribution in [0.25, 0.3) is 5.69 Å². The van der Waals surface area contributed by atoms with Crippen LogP contribution in [0.15, 0.2) is 42.7 Å². The highest BCUT2D eigenvalue weighted by atomic mass is 16.2. The number of carbonyl (C=O) groups excluding carboxylic acids is 1. The van der Waals surface area contributed by atoms with Crippen LogP contribution in [0.5, 0.6) is 0 Å². The second-order valence-electron chi connectivity index (χ2n) is 7.73. The minimum absolute atomic E-state index is 0.0661. The molecule has 0 N–H and O–H groups in total. The van der Waals surface area contributed by atoms with Crippen LogP contribution in [0.3, 0.4) is 0 Å². The Morgan fingerprint density at radius 1 is 1.18 bits per heavy atom. The number of rotatable bonds is 6. The van der Waals surface area contributed by atoms with Crippen molar-refractivity contribution in [1.29, 1.82) is 0 Å². The number of likely N-dealkylation sites (N-methyl/N-ethyl adjacent to an activating group) is 1. The van der Waals surface area contributed by atoms with Gasteiger partial charge in [0, 0.05) is 37.6 Å². The van der Waals surface area contributed by atoms with Crippen molar-refractivity contribution >= 4 is 5.91 Å². The molecule has 1 amide bonds. The van der Waals surface area contributed by atoms with E-state index >= 15 is 0 Å². The molecule has 2 aromatic heterocycles. The Balaban J connectivity index is 1.76.